The van der Waals surface area contributed by atoms with Crippen molar-refractivity contribution in [3.05, 3.63) is 92.4 Å². The van der Waals surface area contributed by atoms with E-state index in [1.54, 1.807) is 10.6 Å². The molecule has 1 aliphatic rings. The molecule has 1 aliphatic carbocycles. The topological polar surface area (TPSA) is 139 Å². The van der Waals surface area contributed by atoms with Gasteiger partial charge in [0.25, 0.3) is 0 Å². The van der Waals surface area contributed by atoms with Crippen molar-refractivity contribution < 1.29 is 4.39 Å². The number of H-pyrrole nitrogens is 1. The van der Waals surface area contributed by atoms with Crippen molar-refractivity contribution in [1.82, 2.24) is 25.2 Å². The van der Waals surface area contributed by atoms with E-state index in [4.69, 9.17) is 23.1 Å². The summed E-state index contributed by atoms with van der Waals surface area (Å²) in [5.41, 5.74) is 16.5. The highest BCUT2D eigenvalue weighted by molar-refractivity contribution is 6.30. The molecule has 4 aromatic rings. The lowest BCUT2D eigenvalue weighted by molar-refractivity contribution is 0.521. The number of halogens is 2. The third-order valence-corrected chi connectivity index (χ3v) is 9.61. The molecule has 5 rings (SSSR count). The average molecular weight is 735 g/mol. The molecule has 2 heterocycles. The van der Waals surface area contributed by atoms with Gasteiger partial charge in [-0.1, -0.05) is 71.3 Å². The van der Waals surface area contributed by atoms with E-state index in [9.17, 15) is 9.18 Å². The number of hydrogen-bond acceptors (Lipinski definition) is 5. The summed E-state index contributed by atoms with van der Waals surface area (Å²) in [5.74, 6) is 1.01. The van der Waals surface area contributed by atoms with Crippen LogP contribution in [0.4, 0.5) is 4.39 Å². The smallest absolute Gasteiger partial charge is 0.354 e. The van der Waals surface area contributed by atoms with Crippen molar-refractivity contribution in [1.29, 1.82) is 0 Å². The highest BCUT2D eigenvalue weighted by Gasteiger charge is 2.22. The van der Waals surface area contributed by atoms with Crippen molar-refractivity contribution in [2.75, 3.05) is 19.6 Å². The molecule has 2 aromatic heterocycles. The Hall–Kier alpha value is -3.73. The zero-order chi connectivity index (χ0) is 38.2. The first-order valence-electron chi connectivity index (χ1n) is 18.7. The van der Waals surface area contributed by atoms with Gasteiger partial charge >= 0.3 is 5.69 Å². The van der Waals surface area contributed by atoms with Crippen LogP contribution in [0.3, 0.4) is 0 Å². The molecule has 0 unspecified atom stereocenters. The quantitative estimate of drug-likeness (QED) is 0.0540. The van der Waals surface area contributed by atoms with Crippen LogP contribution in [-0.2, 0) is 17.3 Å². The van der Waals surface area contributed by atoms with Crippen molar-refractivity contribution in [2.45, 2.75) is 117 Å². The Bertz CT molecular complexity index is 1850. The molecule has 0 amide bonds. The Balaban J connectivity index is 0.000000284. The van der Waals surface area contributed by atoms with E-state index in [1.807, 2.05) is 52.1 Å². The van der Waals surface area contributed by atoms with E-state index < -0.39 is 0 Å². The molecule has 1 fully saturated rings. The lowest BCUT2D eigenvalue weighted by atomic mass is 9.85. The summed E-state index contributed by atoms with van der Waals surface area (Å²) in [6.07, 6.45) is 8.26. The fourth-order valence-electron chi connectivity index (χ4n) is 5.80. The van der Waals surface area contributed by atoms with Crippen molar-refractivity contribution in [3.8, 4) is 5.69 Å². The highest BCUT2D eigenvalue weighted by Crippen LogP contribution is 2.31. The number of aliphatic imine (C=N–C) groups is 1. The van der Waals surface area contributed by atoms with Gasteiger partial charge in [-0.15, -0.1) is 0 Å². The first kappa shape index (κ1) is 41.0. The van der Waals surface area contributed by atoms with Crippen molar-refractivity contribution in [3.63, 3.8) is 0 Å². The van der Waals surface area contributed by atoms with E-state index >= 15 is 0 Å². The third kappa shape index (κ3) is 12.2. The molecule has 0 saturated heterocycles. The van der Waals surface area contributed by atoms with Gasteiger partial charge in [0.2, 0.25) is 0 Å². The lowest BCUT2D eigenvalue weighted by Gasteiger charge is -2.21. The maximum Gasteiger partial charge on any atom is 0.354 e. The van der Waals surface area contributed by atoms with Crippen LogP contribution in [-0.4, -0.2) is 46.2 Å². The number of benzene rings is 2. The number of aryl methyl sites for hydroxylation is 1. The van der Waals surface area contributed by atoms with Crippen molar-refractivity contribution in [2.24, 2.45) is 22.4 Å². The predicted octanol–water partition coefficient (Wildman–Crippen LogP) is 7.81. The van der Waals surface area contributed by atoms with Gasteiger partial charge in [0, 0.05) is 47.9 Å². The fraction of sp³-hybridized carbons (Fsp3) is 0.537. The van der Waals surface area contributed by atoms with Gasteiger partial charge in [-0.3, -0.25) is 9.56 Å². The number of rotatable bonds is 13. The Labute approximate surface area is 314 Å². The standard InChI is InChI=1S/C26H37N7O.C15H23ClFN/c1-17(28-12-5-13-29-24(27)30-15-18-6-7-18)19-8-10-21(11-9-19)33-16-20-14-22(26(2,3)4)31-23(20)32-25(33)34;1-10(18)6-5-7-11-8-12(15(2,3)4)14(17)13(16)9-11/h8-11,14,16-18,28H,5-7,12-13,15H2,1-4H3,(H3,27,29,30)(H,31,32,34);8-10H,5-7,18H2,1-4H3/t17-;10-/m00/s1. The Morgan fingerprint density at radius 2 is 1.75 bits per heavy atom. The summed E-state index contributed by atoms with van der Waals surface area (Å²) in [4.78, 5) is 24.5. The average Bonchev–Trinajstić information content (AvgIpc) is 3.80. The van der Waals surface area contributed by atoms with Crippen LogP contribution < -0.4 is 27.8 Å². The summed E-state index contributed by atoms with van der Waals surface area (Å²) in [6, 6.07) is 14.2. The number of nitrogens with one attached hydrogen (secondary N) is 3. The van der Waals surface area contributed by atoms with Crippen LogP contribution in [0, 0.1) is 11.7 Å². The monoisotopic (exact) mass is 734 g/mol. The SMILES string of the molecule is C[C@H](N)CCCc1cc(Cl)c(F)c(C(C)(C)C)c1.C[C@H](NCCCNC(N)=NCC1CC1)c1ccc(-n2cc3cc(C(C)(C)C)[nH]c3nc2=O)cc1. The molecule has 1 saturated carbocycles. The number of guanidine groups is 1. The summed E-state index contributed by atoms with van der Waals surface area (Å²) in [6.45, 7) is 19.0. The number of fused-ring (bicyclic) bond motifs is 1. The van der Waals surface area contributed by atoms with Crippen LogP contribution in [0.5, 0.6) is 0 Å². The molecule has 0 spiro atoms. The van der Waals surface area contributed by atoms with Gasteiger partial charge in [0.15, 0.2) is 5.96 Å². The molecule has 52 heavy (non-hydrogen) atoms. The van der Waals surface area contributed by atoms with E-state index in [0.717, 1.165) is 73.6 Å². The number of aromatic nitrogens is 3. The van der Waals surface area contributed by atoms with Crippen LogP contribution in [0.25, 0.3) is 16.7 Å². The molecule has 2 atom stereocenters. The molecule has 2 aromatic carbocycles. The molecular formula is C41H60ClFN8O. The molecule has 9 nitrogen and oxygen atoms in total. The second-order valence-corrected chi connectivity index (χ2v) is 16.8. The second-order valence-electron chi connectivity index (χ2n) is 16.4. The molecule has 0 bridgehead atoms. The van der Waals surface area contributed by atoms with Gasteiger partial charge < -0.3 is 27.1 Å². The predicted molar refractivity (Wildman–Crippen MR) is 215 cm³/mol. The minimum absolute atomic E-state index is 0.0360. The largest absolute Gasteiger partial charge is 0.370 e. The molecule has 0 aliphatic heterocycles. The molecule has 11 heteroatoms. The minimum Gasteiger partial charge on any atom is -0.370 e. The molecule has 7 N–H and O–H groups in total. The van der Waals surface area contributed by atoms with Crippen molar-refractivity contribution >= 4 is 28.6 Å². The minimum atomic E-state index is -0.292. The summed E-state index contributed by atoms with van der Waals surface area (Å²) in [5, 5.41) is 7.87. The van der Waals surface area contributed by atoms with Gasteiger partial charge in [0.1, 0.15) is 11.5 Å². The Kier molecular flexibility index (Phi) is 14.1. The molecular weight excluding hydrogens is 675 g/mol. The molecule has 0 radical (unpaired) electrons. The summed E-state index contributed by atoms with van der Waals surface area (Å²) in [7, 11) is 0. The lowest BCUT2D eigenvalue weighted by Crippen LogP contribution is -2.34. The van der Waals surface area contributed by atoms with Crippen LogP contribution in [0.15, 0.2) is 58.4 Å². The number of nitrogens with zero attached hydrogens (tertiary/aromatic N) is 3. The first-order valence-corrected chi connectivity index (χ1v) is 19.0. The first-order chi connectivity index (χ1) is 24.4. The van der Waals surface area contributed by atoms with Gasteiger partial charge in [-0.25, -0.2) is 9.18 Å². The Morgan fingerprint density at radius 3 is 2.37 bits per heavy atom. The zero-order valence-electron chi connectivity index (χ0n) is 32.4. The number of hydrogen-bond donors (Lipinski definition) is 5. The molecule has 284 valence electrons. The van der Waals surface area contributed by atoms with Gasteiger partial charge in [-0.2, -0.15) is 4.98 Å². The van der Waals surface area contributed by atoms with E-state index in [2.05, 4.69) is 71.5 Å². The van der Waals surface area contributed by atoms with Crippen LogP contribution >= 0.6 is 11.6 Å². The maximum atomic E-state index is 14.0. The second kappa shape index (κ2) is 17.9. The number of aromatic amines is 1. The fourth-order valence-corrected chi connectivity index (χ4v) is 6.04. The summed E-state index contributed by atoms with van der Waals surface area (Å²) >= 11 is 5.97. The highest BCUT2D eigenvalue weighted by atomic mass is 35.5. The van der Waals surface area contributed by atoms with E-state index in [0.29, 0.717) is 17.2 Å². The zero-order valence-corrected chi connectivity index (χ0v) is 33.1. The number of nitrogens with two attached hydrogens (primary N) is 2. The normalized spacial score (nSPS) is 14.9. The van der Waals surface area contributed by atoms with Gasteiger partial charge in [-0.05, 0) is 111 Å². The van der Waals surface area contributed by atoms with E-state index in [-0.39, 0.29) is 39.4 Å². The van der Waals surface area contributed by atoms with Crippen LogP contribution in [0.1, 0.15) is 116 Å². The third-order valence-electron chi connectivity index (χ3n) is 9.34. The summed E-state index contributed by atoms with van der Waals surface area (Å²) < 4.78 is 15.6. The maximum absolute atomic E-state index is 14.0. The van der Waals surface area contributed by atoms with E-state index in [1.165, 1.54) is 18.4 Å². The van der Waals surface area contributed by atoms with Crippen LogP contribution in [0.2, 0.25) is 5.02 Å². The Morgan fingerprint density at radius 1 is 1.06 bits per heavy atom. The van der Waals surface area contributed by atoms with Gasteiger partial charge in [0.05, 0.1) is 10.7 Å².